The molecule has 8 aromatic rings. The number of hydrogen-bond acceptors (Lipinski definition) is 4. The average Bonchev–Trinajstić information content (AvgIpc) is 3.49. The molecule has 49 heavy (non-hydrogen) atoms. The number of rotatable bonds is 6. The van der Waals surface area contributed by atoms with E-state index >= 15 is 0 Å². The zero-order valence-corrected chi connectivity index (χ0v) is 26.6. The molecule has 0 N–H and O–H groups in total. The summed E-state index contributed by atoms with van der Waals surface area (Å²) in [5, 5.41) is 0. The highest BCUT2D eigenvalue weighted by Crippen LogP contribution is 2.57. The second-order valence-electron chi connectivity index (χ2n) is 12.3. The van der Waals surface area contributed by atoms with E-state index in [1.54, 1.807) is 0 Å². The van der Waals surface area contributed by atoms with E-state index in [9.17, 15) is 0 Å². The third kappa shape index (κ3) is 4.85. The smallest absolute Gasteiger partial charge is 0.164 e. The first-order valence-electron chi connectivity index (χ1n) is 16.5. The van der Waals surface area contributed by atoms with Crippen LogP contribution in [0.1, 0.15) is 22.3 Å². The maximum atomic E-state index is 5.09. The van der Waals surface area contributed by atoms with Gasteiger partial charge >= 0.3 is 0 Å². The zero-order valence-electron chi connectivity index (χ0n) is 26.6. The summed E-state index contributed by atoms with van der Waals surface area (Å²) >= 11 is 0. The summed E-state index contributed by atoms with van der Waals surface area (Å²) in [6.07, 6.45) is 3.71. The van der Waals surface area contributed by atoms with Gasteiger partial charge in [-0.05, 0) is 68.8 Å². The third-order valence-electron chi connectivity index (χ3n) is 9.52. The van der Waals surface area contributed by atoms with Gasteiger partial charge in [0.05, 0.1) is 5.41 Å². The fraction of sp³-hybridized carbons (Fsp3) is 0.0222. The largest absolute Gasteiger partial charge is 0.265 e. The molecule has 1 aliphatic rings. The van der Waals surface area contributed by atoms with E-state index in [2.05, 4.69) is 114 Å². The fourth-order valence-corrected chi connectivity index (χ4v) is 7.29. The molecular weight excluding hydrogens is 597 g/mol. The Morgan fingerprint density at radius 1 is 0.327 bits per heavy atom. The first kappa shape index (κ1) is 28.7. The van der Waals surface area contributed by atoms with Crippen LogP contribution in [0.15, 0.2) is 182 Å². The van der Waals surface area contributed by atoms with Gasteiger partial charge in [-0.25, -0.2) is 15.0 Å². The fourth-order valence-electron chi connectivity index (χ4n) is 7.29. The van der Waals surface area contributed by atoms with E-state index in [0.717, 1.165) is 27.8 Å². The van der Waals surface area contributed by atoms with Crippen molar-refractivity contribution in [2.75, 3.05) is 0 Å². The number of hydrogen-bond donors (Lipinski definition) is 0. The molecule has 0 unspecified atom stereocenters. The molecule has 9 rings (SSSR count). The molecule has 0 radical (unpaired) electrons. The van der Waals surface area contributed by atoms with Crippen molar-refractivity contribution < 1.29 is 0 Å². The standard InChI is InChI=1S/C45H30N4/c1-5-13-32(14-6-1)42-47-43(33-15-7-2-8-16-33)49-44(48-42)35-22-24-39-38-23-21-34(31-25-27-46-28-26-31)29-40(38)45(41(39)30-35,36-17-9-3-10-18-36)37-19-11-4-12-20-37/h1-30H. The molecule has 0 atom stereocenters. The molecule has 2 heterocycles. The molecule has 0 bridgehead atoms. The Labute approximate surface area is 285 Å². The summed E-state index contributed by atoms with van der Waals surface area (Å²) in [5.41, 5.74) is 11.8. The quantitative estimate of drug-likeness (QED) is 0.184. The molecule has 4 nitrogen and oxygen atoms in total. The summed E-state index contributed by atoms with van der Waals surface area (Å²) in [6.45, 7) is 0. The zero-order chi connectivity index (χ0) is 32.6. The lowest BCUT2D eigenvalue weighted by atomic mass is 9.67. The first-order chi connectivity index (χ1) is 24.3. The first-order valence-corrected chi connectivity index (χ1v) is 16.5. The van der Waals surface area contributed by atoms with E-state index in [1.807, 2.05) is 73.1 Å². The normalized spacial score (nSPS) is 12.7. The number of fused-ring (bicyclic) bond motifs is 3. The van der Waals surface area contributed by atoms with Crippen molar-refractivity contribution in [3.05, 3.63) is 205 Å². The minimum absolute atomic E-state index is 0.580. The molecule has 6 aromatic carbocycles. The van der Waals surface area contributed by atoms with Gasteiger partial charge in [0.15, 0.2) is 17.5 Å². The minimum atomic E-state index is -0.580. The van der Waals surface area contributed by atoms with Gasteiger partial charge in [0.1, 0.15) is 0 Å². The SMILES string of the molecule is c1ccc(-c2nc(-c3ccccc3)nc(-c3ccc4c(c3)C(c3ccccc3)(c3ccccc3)c3cc(-c5ccncc5)ccc3-4)n2)cc1. The molecule has 1 aliphatic carbocycles. The van der Waals surface area contributed by atoms with Gasteiger partial charge in [-0.3, -0.25) is 4.98 Å². The van der Waals surface area contributed by atoms with Crippen LogP contribution in [0.25, 0.3) is 56.4 Å². The van der Waals surface area contributed by atoms with Gasteiger partial charge < -0.3 is 0 Å². The summed E-state index contributed by atoms with van der Waals surface area (Å²) in [5.74, 6) is 1.93. The van der Waals surface area contributed by atoms with E-state index in [4.69, 9.17) is 15.0 Å². The topological polar surface area (TPSA) is 51.6 Å². The lowest BCUT2D eigenvalue weighted by Gasteiger charge is -2.34. The van der Waals surface area contributed by atoms with E-state index in [0.29, 0.717) is 17.5 Å². The van der Waals surface area contributed by atoms with Gasteiger partial charge in [-0.15, -0.1) is 0 Å². The van der Waals surface area contributed by atoms with Crippen molar-refractivity contribution in [3.8, 4) is 56.4 Å². The van der Waals surface area contributed by atoms with Crippen molar-refractivity contribution >= 4 is 0 Å². The van der Waals surface area contributed by atoms with Crippen LogP contribution in [0.3, 0.4) is 0 Å². The third-order valence-corrected chi connectivity index (χ3v) is 9.52. The van der Waals surface area contributed by atoms with Gasteiger partial charge in [-0.2, -0.15) is 0 Å². The average molecular weight is 627 g/mol. The van der Waals surface area contributed by atoms with E-state index in [1.165, 1.54) is 33.4 Å². The summed E-state index contributed by atoms with van der Waals surface area (Å²) in [4.78, 5) is 19.4. The van der Waals surface area contributed by atoms with Crippen LogP contribution in [-0.2, 0) is 5.41 Å². The number of benzene rings is 6. The Morgan fingerprint density at radius 2 is 0.735 bits per heavy atom. The number of pyridine rings is 1. The van der Waals surface area contributed by atoms with Crippen molar-refractivity contribution in [1.29, 1.82) is 0 Å². The molecule has 4 heteroatoms. The van der Waals surface area contributed by atoms with Crippen LogP contribution in [0.5, 0.6) is 0 Å². The maximum absolute atomic E-state index is 5.09. The Kier molecular flexibility index (Phi) is 6.98. The molecule has 230 valence electrons. The van der Waals surface area contributed by atoms with Gasteiger partial charge in [0.25, 0.3) is 0 Å². The molecule has 0 fully saturated rings. The van der Waals surface area contributed by atoms with Crippen LogP contribution in [0.2, 0.25) is 0 Å². The highest BCUT2D eigenvalue weighted by molar-refractivity contribution is 5.90. The van der Waals surface area contributed by atoms with Crippen molar-refractivity contribution in [2.24, 2.45) is 0 Å². The summed E-state index contributed by atoms with van der Waals surface area (Å²) < 4.78 is 0. The Balaban J connectivity index is 1.32. The number of aromatic nitrogens is 4. The van der Waals surface area contributed by atoms with Gasteiger partial charge in [0.2, 0.25) is 0 Å². The van der Waals surface area contributed by atoms with Crippen molar-refractivity contribution in [2.45, 2.75) is 5.41 Å². The van der Waals surface area contributed by atoms with Gasteiger partial charge in [0, 0.05) is 29.1 Å². The maximum Gasteiger partial charge on any atom is 0.164 e. The van der Waals surface area contributed by atoms with Crippen LogP contribution in [0.4, 0.5) is 0 Å². The molecule has 0 saturated heterocycles. The highest BCUT2D eigenvalue weighted by atomic mass is 15.0. The lowest BCUT2D eigenvalue weighted by Crippen LogP contribution is -2.28. The molecular formula is C45H30N4. The van der Waals surface area contributed by atoms with Crippen molar-refractivity contribution in [1.82, 2.24) is 19.9 Å². The second-order valence-corrected chi connectivity index (χ2v) is 12.3. The Bertz CT molecular complexity index is 2310. The number of nitrogens with zero attached hydrogens (tertiary/aromatic N) is 4. The Morgan fingerprint density at radius 3 is 1.22 bits per heavy atom. The van der Waals surface area contributed by atoms with Crippen LogP contribution < -0.4 is 0 Å². The highest BCUT2D eigenvalue weighted by Gasteiger charge is 2.46. The molecule has 0 amide bonds. The van der Waals surface area contributed by atoms with Crippen LogP contribution >= 0.6 is 0 Å². The Hall–Kier alpha value is -6.52. The monoisotopic (exact) mass is 626 g/mol. The molecule has 2 aromatic heterocycles. The molecule has 0 spiro atoms. The van der Waals surface area contributed by atoms with Gasteiger partial charge in [-0.1, -0.05) is 146 Å². The van der Waals surface area contributed by atoms with Crippen LogP contribution in [0, 0.1) is 0 Å². The van der Waals surface area contributed by atoms with Crippen molar-refractivity contribution in [3.63, 3.8) is 0 Å². The summed E-state index contributed by atoms with van der Waals surface area (Å²) in [6, 6.07) is 59.7. The van der Waals surface area contributed by atoms with E-state index < -0.39 is 5.41 Å². The lowest BCUT2D eigenvalue weighted by molar-refractivity contribution is 0.769. The predicted molar refractivity (Wildman–Crippen MR) is 197 cm³/mol. The van der Waals surface area contributed by atoms with E-state index in [-0.39, 0.29) is 0 Å². The molecule has 0 saturated carbocycles. The second kappa shape index (κ2) is 11.9. The predicted octanol–water partition coefficient (Wildman–Crippen LogP) is 10.3. The van der Waals surface area contributed by atoms with Crippen LogP contribution in [-0.4, -0.2) is 19.9 Å². The summed E-state index contributed by atoms with van der Waals surface area (Å²) in [7, 11) is 0. The molecule has 0 aliphatic heterocycles. The minimum Gasteiger partial charge on any atom is -0.265 e.